The van der Waals surface area contributed by atoms with Crippen molar-refractivity contribution in [2.24, 2.45) is 11.3 Å². The molecule has 0 radical (unpaired) electrons. The summed E-state index contributed by atoms with van der Waals surface area (Å²) >= 11 is 0. The van der Waals surface area contributed by atoms with Crippen LogP contribution in [0.25, 0.3) is 0 Å². The molecule has 0 saturated heterocycles. The number of hydrogen-bond donors (Lipinski definition) is 0. The highest BCUT2D eigenvalue weighted by molar-refractivity contribution is 5.76. The van der Waals surface area contributed by atoms with Gasteiger partial charge in [0.25, 0.3) is 0 Å². The fourth-order valence-electron chi connectivity index (χ4n) is 3.94. The van der Waals surface area contributed by atoms with Gasteiger partial charge in [0.15, 0.2) is 11.5 Å². The van der Waals surface area contributed by atoms with Gasteiger partial charge in [-0.15, -0.1) is 0 Å². The van der Waals surface area contributed by atoms with Crippen LogP contribution in [0.3, 0.4) is 0 Å². The number of rotatable bonds is 10. The molecule has 1 amide bonds. The van der Waals surface area contributed by atoms with Gasteiger partial charge in [-0.3, -0.25) is 4.79 Å². The van der Waals surface area contributed by atoms with E-state index in [-0.39, 0.29) is 11.3 Å². The summed E-state index contributed by atoms with van der Waals surface area (Å²) in [5.41, 5.74) is 2.51. The van der Waals surface area contributed by atoms with Crippen LogP contribution < -0.4 is 9.47 Å². The van der Waals surface area contributed by atoms with Gasteiger partial charge >= 0.3 is 0 Å². The molecule has 164 valence electrons. The molecule has 4 heteroatoms. The highest BCUT2D eigenvalue weighted by atomic mass is 16.5. The molecule has 0 aliphatic rings. The first-order valence-corrected chi connectivity index (χ1v) is 10.7. The fraction of sp³-hybridized carbons (Fsp3) is 0.500. The number of amides is 1. The van der Waals surface area contributed by atoms with Crippen molar-refractivity contribution >= 4 is 5.91 Å². The van der Waals surface area contributed by atoms with E-state index in [9.17, 15) is 4.79 Å². The maximum Gasteiger partial charge on any atom is 0.223 e. The Kier molecular flexibility index (Phi) is 8.76. The Morgan fingerprint density at radius 3 is 2.23 bits per heavy atom. The molecule has 4 nitrogen and oxygen atoms in total. The first-order chi connectivity index (χ1) is 14.2. The van der Waals surface area contributed by atoms with Crippen LogP contribution >= 0.6 is 0 Å². The summed E-state index contributed by atoms with van der Waals surface area (Å²) in [5.74, 6) is 2.01. The quantitative estimate of drug-likeness (QED) is 0.500. The van der Waals surface area contributed by atoms with Crippen molar-refractivity contribution in [2.45, 2.75) is 53.5 Å². The Morgan fingerprint density at radius 1 is 0.967 bits per heavy atom. The maximum atomic E-state index is 13.2. The number of methoxy groups -OCH3 is 2. The molecule has 0 fully saturated rings. The fourth-order valence-corrected chi connectivity index (χ4v) is 3.94. The second-order valence-electron chi connectivity index (χ2n) is 9.31. The van der Waals surface area contributed by atoms with Gasteiger partial charge in [-0.25, -0.2) is 0 Å². The monoisotopic (exact) mass is 411 g/mol. The summed E-state index contributed by atoms with van der Waals surface area (Å²) in [4.78, 5) is 15.2. The van der Waals surface area contributed by atoms with Crippen LogP contribution in [0.1, 0.15) is 51.7 Å². The van der Waals surface area contributed by atoms with Crippen LogP contribution in [-0.4, -0.2) is 31.6 Å². The maximum absolute atomic E-state index is 13.2. The van der Waals surface area contributed by atoms with E-state index >= 15 is 0 Å². The Labute approximate surface area is 182 Å². The molecule has 0 aromatic heterocycles. The standard InChI is InChI=1S/C26H37NO3/c1-20(18-26(2,3)4)16-25(28)27(19-22-10-8-7-9-11-22)15-14-21-12-13-23(29-5)24(17-21)30-6/h7-13,17,20H,14-16,18-19H2,1-6H3/t20-/m1/s1. The molecule has 0 saturated carbocycles. The largest absolute Gasteiger partial charge is 0.493 e. The third kappa shape index (κ3) is 7.74. The second-order valence-corrected chi connectivity index (χ2v) is 9.31. The molecule has 0 heterocycles. The first-order valence-electron chi connectivity index (χ1n) is 10.7. The highest BCUT2D eigenvalue weighted by Crippen LogP contribution is 2.28. The average Bonchev–Trinajstić information content (AvgIpc) is 2.70. The molecule has 0 N–H and O–H groups in total. The summed E-state index contributed by atoms with van der Waals surface area (Å²) in [5, 5.41) is 0. The number of carbonyl (C=O) groups is 1. The molecule has 0 bridgehead atoms. The second kappa shape index (κ2) is 11.1. The smallest absolute Gasteiger partial charge is 0.223 e. The van der Waals surface area contributed by atoms with E-state index in [2.05, 4.69) is 39.8 Å². The number of nitrogens with zero attached hydrogens (tertiary/aromatic N) is 1. The minimum Gasteiger partial charge on any atom is -0.493 e. The van der Waals surface area contributed by atoms with Gasteiger partial charge in [-0.1, -0.05) is 64.1 Å². The third-order valence-electron chi connectivity index (χ3n) is 5.17. The van der Waals surface area contributed by atoms with E-state index in [4.69, 9.17) is 9.47 Å². The first kappa shape index (κ1) is 23.8. The van der Waals surface area contributed by atoms with Crippen LogP contribution in [-0.2, 0) is 17.8 Å². The summed E-state index contributed by atoms with van der Waals surface area (Å²) in [6.45, 7) is 10.2. The molecule has 2 aromatic rings. The summed E-state index contributed by atoms with van der Waals surface area (Å²) in [6.07, 6.45) is 2.39. The lowest BCUT2D eigenvalue weighted by atomic mass is 9.84. The van der Waals surface area contributed by atoms with E-state index in [0.717, 1.165) is 35.5 Å². The van der Waals surface area contributed by atoms with Gasteiger partial charge in [0.05, 0.1) is 14.2 Å². The predicted molar refractivity (Wildman–Crippen MR) is 123 cm³/mol. The van der Waals surface area contributed by atoms with Crippen molar-refractivity contribution in [1.29, 1.82) is 0 Å². The van der Waals surface area contributed by atoms with Crippen molar-refractivity contribution in [3.8, 4) is 11.5 Å². The molecule has 30 heavy (non-hydrogen) atoms. The van der Waals surface area contributed by atoms with Crippen LogP contribution in [0.5, 0.6) is 11.5 Å². The summed E-state index contributed by atoms with van der Waals surface area (Å²) in [7, 11) is 3.28. The van der Waals surface area contributed by atoms with Crippen LogP contribution in [0.2, 0.25) is 0 Å². The number of carbonyl (C=O) groups excluding carboxylic acids is 1. The van der Waals surface area contributed by atoms with E-state index in [1.165, 1.54) is 0 Å². The van der Waals surface area contributed by atoms with E-state index in [1.807, 2.05) is 41.3 Å². The number of ether oxygens (including phenoxy) is 2. The van der Waals surface area contributed by atoms with Crippen LogP contribution in [0.4, 0.5) is 0 Å². The van der Waals surface area contributed by atoms with E-state index in [1.54, 1.807) is 14.2 Å². The molecule has 0 aliphatic carbocycles. The van der Waals surface area contributed by atoms with Crippen molar-refractivity contribution in [2.75, 3.05) is 20.8 Å². The average molecular weight is 412 g/mol. The minimum atomic E-state index is 0.219. The van der Waals surface area contributed by atoms with E-state index < -0.39 is 0 Å². The SMILES string of the molecule is COc1ccc(CCN(Cc2ccccc2)C(=O)C[C@@H](C)CC(C)(C)C)cc1OC. The normalized spacial score (nSPS) is 12.3. The van der Waals surface area contributed by atoms with Crippen molar-refractivity contribution in [3.05, 3.63) is 59.7 Å². The molecule has 2 rings (SSSR count). The van der Waals surface area contributed by atoms with Gasteiger partial charge in [-0.05, 0) is 47.4 Å². The predicted octanol–water partition coefficient (Wildman–Crippen LogP) is 5.74. The van der Waals surface area contributed by atoms with Gasteiger partial charge < -0.3 is 14.4 Å². The number of hydrogen-bond acceptors (Lipinski definition) is 3. The molecular formula is C26H37NO3. The summed E-state index contributed by atoms with van der Waals surface area (Å²) < 4.78 is 10.7. The zero-order valence-corrected chi connectivity index (χ0v) is 19.4. The molecule has 0 aliphatic heterocycles. The molecule has 1 atom stereocenters. The lowest BCUT2D eigenvalue weighted by Crippen LogP contribution is -2.34. The Balaban J connectivity index is 2.10. The van der Waals surface area contributed by atoms with Crippen molar-refractivity contribution < 1.29 is 14.3 Å². The van der Waals surface area contributed by atoms with Crippen LogP contribution in [0.15, 0.2) is 48.5 Å². The van der Waals surface area contributed by atoms with Crippen molar-refractivity contribution in [1.82, 2.24) is 4.90 Å². The molecular weight excluding hydrogens is 374 g/mol. The Bertz CT molecular complexity index is 796. The van der Waals surface area contributed by atoms with Gasteiger partial charge in [0.2, 0.25) is 5.91 Å². The molecule has 2 aromatic carbocycles. The highest BCUT2D eigenvalue weighted by Gasteiger charge is 2.21. The van der Waals surface area contributed by atoms with Crippen LogP contribution in [0, 0.1) is 11.3 Å². The van der Waals surface area contributed by atoms with Gasteiger partial charge in [-0.2, -0.15) is 0 Å². The van der Waals surface area contributed by atoms with Crippen molar-refractivity contribution in [3.63, 3.8) is 0 Å². The topological polar surface area (TPSA) is 38.8 Å². The van der Waals surface area contributed by atoms with E-state index in [0.29, 0.717) is 25.4 Å². The Hall–Kier alpha value is -2.49. The van der Waals surface area contributed by atoms with Gasteiger partial charge in [0, 0.05) is 19.5 Å². The minimum absolute atomic E-state index is 0.219. The lowest BCUT2D eigenvalue weighted by molar-refractivity contribution is -0.132. The number of benzene rings is 2. The third-order valence-corrected chi connectivity index (χ3v) is 5.17. The van der Waals surface area contributed by atoms with Gasteiger partial charge in [0.1, 0.15) is 0 Å². The molecule has 0 unspecified atom stereocenters. The lowest BCUT2D eigenvalue weighted by Gasteiger charge is -2.27. The molecule has 0 spiro atoms. The zero-order chi connectivity index (χ0) is 22.1. The summed E-state index contributed by atoms with van der Waals surface area (Å²) in [6, 6.07) is 16.2. The Morgan fingerprint density at radius 2 is 1.63 bits per heavy atom. The zero-order valence-electron chi connectivity index (χ0n) is 19.4.